The summed E-state index contributed by atoms with van der Waals surface area (Å²) in [6, 6.07) is 4.32. The second-order valence-corrected chi connectivity index (χ2v) is 6.16. The van der Waals surface area contributed by atoms with Crippen LogP contribution in [-0.2, 0) is 12.8 Å². The van der Waals surface area contributed by atoms with Crippen molar-refractivity contribution < 1.29 is 5.11 Å². The first-order valence-corrected chi connectivity index (χ1v) is 7.49. The zero-order valence-corrected chi connectivity index (χ0v) is 12.0. The molecule has 2 aliphatic rings. The van der Waals surface area contributed by atoms with Crippen molar-refractivity contribution >= 4 is 5.82 Å². The van der Waals surface area contributed by atoms with Gasteiger partial charge in [-0.1, -0.05) is 0 Å². The predicted octanol–water partition coefficient (Wildman–Crippen LogP) is 2.04. The molecule has 106 valence electrons. The van der Waals surface area contributed by atoms with Crippen LogP contribution in [0.15, 0.2) is 6.07 Å². The minimum atomic E-state index is -0.125. The Morgan fingerprint density at radius 2 is 2.15 bits per heavy atom. The summed E-state index contributed by atoms with van der Waals surface area (Å²) in [6.07, 6.45) is 6.10. The molecule has 0 unspecified atom stereocenters. The lowest BCUT2D eigenvalue weighted by atomic mass is 9.82. The van der Waals surface area contributed by atoms with Gasteiger partial charge in [0, 0.05) is 19.3 Å². The molecule has 1 aromatic rings. The lowest BCUT2D eigenvalue weighted by Crippen LogP contribution is -2.37. The number of fused-ring (bicyclic) bond motifs is 1. The third kappa shape index (κ3) is 2.51. The Bertz CT molecular complexity index is 543. The molecule has 2 aliphatic carbocycles. The van der Waals surface area contributed by atoms with E-state index in [4.69, 9.17) is 4.98 Å². The lowest BCUT2D eigenvalue weighted by molar-refractivity contribution is 0.0464. The summed E-state index contributed by atoms with van der Waals surface area (Å²) in [4.78, 5) is 6.84. The third-order valence-electron chi connectivity index (χ3n) is 4.51. The maximum Gasteiger partial charge on any atom is 0.146 e. The molecule has 4 heteroatoms. The van der Waals surface area contributed by atoms with E-state index in [-0.39, 0.29) is 6.10 Å². The number of pyridine rings is 1. The third-order valence-corrected chi connectivity index (χ3v) is 4.51. The van der Waals surface area contributed by atoms with Crippen LogP contribution >= 0.6 is 0 Å². The molecule has 1 N–H and O–H groups in total. The number of aryl methyl sites for hydroxylation is 2. The van der Waals surface area contributed by atoms with Crippen LogP contribution in [0.3, 0.4) is 0 Å². The summed E-state index contributed by atoms with van der Waals surface area (Å²) in [5.41, 5.74) is 3.11. The van der Waals surface area contributed by atoms with Crippen molar-refractivity contribution in [3.8, 4) is 6.07 Å². The molecule has 4 nitrogen and oxygen atoms in total. The standard InChI is InChI=1S/C16H21N3O/c1-19(10-11-6-14(20)7-11)16-13(9-17)8-12-4-2-3-5-15(12)18-16/h8,11,14,20H,2-7,10H2,1H3. The predicted molar refractivity (Wildman–Crippen MR) is 77.6 cm³/mol. The van der Waals surface area contributed by atoms with Crippen molar-refractivity contribution in [1.29, 1.82) is 5.26 Å². The Kier molecular flexibility index (Phi) is 3.62. The van der Waals surface area contributed by atoms with Crippen LogP contribution in [0.2, 0.25) is 0 Å². The maximum absolute atomic E-state index is 9.37. The number of aromatic nitrogens is 1. The normalized spacial score (nSPS) is 24.4. The first-order valence-electron chi connectivity index (χ1n) is 7.49. The summed E-state index contributed by atoms with van der Waals surface area (Å²) >= 11 is 0. The van der Waals surface area contributed by atoms with Gasteiger partial charge in [-0.25, -0.2) is 4.98 Å². The second kappa shape index (κ2) is 5.41. The Labute approximate surface area is 120 Å². The zero-order chi connectivity index (χ0) is 14.1. The number of hydrogen-bond acceptors (Lipinski definition) is 4. The minimum Gasteiger partial charge on any atom is -0.393 e. The van der Waals surface area contributed by atoms with Crippen molar-refractivity contribution in [3.05, 3.63) is 22.9 Å². The highest BCUT2D eigenvalue weighted by Gasteiger charge is 2.29. The van der Waals surface area contributed by atoms with E-state index in [1.165, 1.54) is 24.1 Å². The molecule has 0 saturated heterocycles. The number of aliphatic hydroxyl groups is 1. The maximum atomic E-state index is 9.37. The monoisotopic (exact) mass is 271 g/mol. The SMILES string of the molecule is CN(CC1CC(O)C1)c1nc2c(cc1C#N)CCCC2. The van der Waals surface area contributed by atoms with Crippen LogP contribution in [0.25, 0.3) is 0 Å². The lowest BCUT2D eigenvalue weighted by Gasteiger charge is -2.35. The molecule has 0 aliphatic heterocycles. The first-order chi connectivity index (χ1) is 9.67. The Morgan fingerprint density at radius 1 is 1.40 bits per heavy atom. The first kappa shape index (κ1) is 13.4. The van der Waals surface area contributed by atoms with Crippen LogP contribution in [-0.4, -0.2) is 29.8 Å². The topological polar surface area (TPSA) is 60.1 Å². The summed E-state index contributed by atoms with van der Waals surface area (Å²) in [7, 11) is 2.00. The molecule has 0 bridgehead atoms. The minimum absolute atomic E-state index is 0.125. The Balaban J connectivity index is 1.82. The summed E-state index contributed by atoms with van der Waals surface area (Å²) in [5, 5.41) is 18.7. The smallest absolute Gasteiger partial charge is 0.146 e. The van der Waals surface area contributed by atoms with Gasteiger partial charge in [0.25, 0.3) is 0 Å². The molecule has 1 aromatic heterocycles. The molecule has 0 aromatic carbocycles. The number of rotatable bonds is 3. The van der Waals surface area contributed by atoms with Gasteiger partial charge in [0.15, 0.2) is 0 Å². The van der Waals surface area contributed by atoms with Crippen LogP contribution < -0.4 is 4.90 Å². The van der Waals surface area contributed by atoms with E-state index in [1.807, 2.05) is 13.1 Å². The Morgan fingerprint density at radius 3 is 2.85 bits per heavy atom. The van der Waals surface area contributed by atoms with E-state index >= 15 is 0 Å². The van der Waals surface area contributed by atoms with E-state index in [9.17, 15) is 10.4 Å². The molecule has 1 heterocycles. The summed E-state index contributed by atoms with van der Waals surface area (Å²) < 4.78 is 0. The summed E-state index contributed by atoms with van der Waals surface area (Å²) in [5.74, 6) is 1.34. The average molecular weight is 271 g/mol. The van der Waals surface area contributed by atoms with E-state index < -0.39 is 0 Å². The van der Waals surface area contributed by atoms with Gasteiger partial charge in [-0.05, 0) is 56.1 Å². The van der Waals surface area contributed by atoms with Gasteiger partial charge >= 0.3 is 0 Å². The highest BCUT2D eigenvalue weighted by molar-refractivity contribution is 5.56. The molecule has 20 heavy (non-hydrogen) atoms. The highest BCUT2D eigenvalue weighted by atomic mass is 16.3. The van der Waals surface area contributed by atoms with E-state index in [1.54, 1.807) is 0 Å². The van der Waals surface area contributed by atoms with Crippen LogP contribution in [0, 0.1) is 17.2 Å². The summed E-state index contributed by atoms with van der Waals surface area (Å²) in [6.45, 7) is 0.873. The quantitative estimate of drug-likeness (QED) is 0.914. The molecule has 0 radical (unpaired) electrons. The van der Waals surface area contributed by atoms with Crippen molar-refractivity contribution in [2.45, 2.75) is 44.6 Å². The fourth-order valence-corrected chi connectivity index (χ4v) is 3.32. The fraction of sp³-hybridized carbons (Fsp3) is 0.625. The number of hydrogen-bond donors (Lipinski definition) is 1. The Hall–Kier alpha value is -1.60. The van der Waals surface area contributed by atoms with Gasteiger partial charge in [-0.2, -0.15) is 5.26 Å². The van der Waals surface area contributed by atoms with E-state index in [0.717, 1.165) is 38.0 Å². The highest BCUT2D eigenvalue weighted by Crippen LogP contribution is 2.31. The molecule has 0 atom stereocenters. The van der Waals surface area contributed by atoms with Gasteiger partial charge in [0.2, 0.25) is 0 Å². The molecular formula is C16H21N3O. The van der Waals surface area contributed by atoms with Gasteiger partial charge < -0.3 is 10.0 Å². The number of anilines is 1. The largest absolute Gasteiger partial charge is 0.393 e. The van der Waals surface area contributed by atoms with Gasteiger partial charge in [-0.15, -0.1) is 0 Å². The van der Waals surface area contributed by atoms with Crippen molar-refractivity contribution in [1.82, 2.24) is 4.98 Å². The molecule has 3 rings (SSSR count). The van der Waals surface area contributed by atoms with Gasteiger partial charge in [0.1, 0.15) is 11.9 Å². The molecule has 1 saturated carbocycles. The van der Waals surface area contributed by atoms with Crippen LogP contribution in [0.5, 0.6) is 0 Å². The van der Waals surface area contributed by atoms with Crippen molar-refractivity contribution in [2.75, 3.05) is 18.5 Å². The number of nitrogens with zero attached hydrogens (tertiary/aromatic N) is 3. The second-order valence-electron chi connectivity index (χ2n) is 6.16. The molecule has 1 fully saturated rings. The van der Waals surface area contributed by atoms with Gasteiger partial charge in [-0.3, -0.25) is 0 Å². The van der Waals surface area contributed by atoms with Crippen molar-refractivity contribution in [2.24, 2.45) is 5.92 Å². The number of nitriles is 1. The van der Waals surface area contributed by atoms with E-state index in [2.05, 4.69) is 11.0 Å². The number of aliphatic hydroxyl groups excluding tert-OH is 1. The average Bonchev–Trinajstić information content (AvgIpc) is 2.44. The van der Waals surface area contributed by atoms with E-state index in [0.29, 0.717) is 11.5 Å². The molecule has 0 spiro atoms. The van der Waals surface area contributed by atoms with Crippen molar-refractivity contribution in [3.63, 3.8) is 0 Å². The van der Waals surface area contributed by atoms with Crippen LogP contribution in [0.1, 0.15) is 42.5 Å². The molecule has 0 amide bonds. The van der Waals surface area contributed by atoms with Gasteiger partial charge in [0.05, 0.1) is 11.7 Å². The zero-order valence-electron chi connectivity index (χ0n) is 12.0. The van der Waals surface area contributed by atoms with Crippen LogP contribution in [0.4, 0.5) is 5.82 Å². The fourth-order valence-electron chi connectivity index (χ4n) is 3.32. The molecular weight excluding hydrogens is 250 g/mol.